The number of halogens is 4. The number of nitrogens with one attached hydrogen (secondary N) is 2. The van der Waals surface area contributed by atoms with E-state index in [9.17, 15) is 18.0 Å². The summed E-state index contributed by atoms with van der Waals surface area (Å²) in [5, 5.41) is 9.80. The maximum absolute atomic E-state index is 13.6. The normalized spacial score (nSPS) is 17.0. The van der Waals surface area contributed by atoms with Crippen LogP contribution in [0.2, 0.25) is 5.02 Å². The van der Waals surface area contributed by atoms with Gasteiger partial charge in [-0.2, -0.15) is 18.3 Å². The lowest BCUT2D eigenvalue weighted by Gasteiger charge is -2.29. The highest BCUT2D eigenvalue weighted by molar-refractivity contribution is 6.32. The van der Waals surface area contributed by atoms with Crippen LogP contribution in [0.4, 0.5) is 29.7 Å². The van der Waals surface area contributed by atoms with E-state index in [1.807, 2.05) is 0 Å². The zero-order chi connectivity index (χ0) is 29.9. The summed E-state index contributed by atoms with van der Waals surface area (Å²) in [6, 6.07) is 3.53. The maximum Gasteiger partial charge on any atom is 0.420 e. The molecule has 16 heteroatoms. The Kier molecular flexibility index (Phi) is 8.38. The minimum atomic E-state index is -4.69. The molecule has 4 aromatic rings. The minimum absolute atomic E-state index is 0.0232. The lowest BCUT2D eigenvalue weighted by Crippen LogP contribution is -2.32. The maximum atomic E-state index is 13.6. The second-order valence-corrected chi connectivity index (χ2v) is 9.90. The Morgan fingerprint density at radius 3 is 2.43 bits per heavy atom. The van der Waals surface area contributed by atoms with Gasteiger partial charge in [0.15, 0.2) is 0 Å². The van der Waals surface area contributed by atoms with Gasteiger partial charge in [-0.1, -0.05) is 11.6 Å². The smallest absolute Gasteiger partial charge is 0.420 e. The average molecular weight is 604 g/mol. The van der Waals surface area contributed by atoms with Gasteiger partial charge in [0.1, 0.15) is 28.9 Å². The van der Waals surface area contributed by atoms with Crippen LogP contribution < -0.4 is 15.4 Å². The molecule has 1 saturated carbocycles. The van der Waals surface area contributed by atoms with Crippen LogP contribution in [0.5, 0.6) is 6.01 Å². The summed E-state index contributed by atoms with van der Waals surface area (Å²) in [4.78, 5) is 32.8. The number of rotatable bonds is 7. The first-order valence-electron chi connectivity index (χ1n) is 12.8. The van der Waals surface area contributed by atoms with Gasteiger partial charge in [-0.25, -0.2) is 29.7 Å². The number of aromatic nitrogens is 7. The Hall–Kier alpha value is -4.53. The molecule has 1 aliphatic rings. The van der Waals surface area contributed by atoms with E-state index in [4.69, 9.17) is 21.1 Å². The van der Waals surface area contributed by atoms with Crippen LogP contribution in [-0.4, -0.2) is 60.0 Å². The van der Waals surface area contributed by atoms with Gasteiger partial charge < -0.3 is 14.8 Å². The van der Waals surface area contributed by atoms with E-state index >= 15 is 0 Å². The highest BCUT2D eigenvalue weighted by atomic mass is 35.5. The molecule has 0 aliphatic heterocycles. The summed E-state index contributed by atoms with van der Waals surface area (Å²) in [6.45, 7) is 0. The number of amides is 1. The summed E-state index contributed by atoms with van der Waals surface area (Å²) in [6.07, 6.45) is 3.38. The molecule has 2 N–H and O–H groups in total. The average Bonchev–Trinajstić information content (AvgIpc) is 3.31. The van der Waals surface area contributed by atoms with Crippen LogP contribution >= 0.6 is 11.6 Å². The van der Waals surface area contributed by atoms with Crippen molar-refractivity contribution in [3.05, 3.63) is 53.7 Å². The van der Waals surface area contributed by atoms with Gasteiger partial charge in [-0.3, -0.25) is 10.00 Å². The topological polar surface area (TPSA) is 142 Å². The van der Waals surface area contributed by atoms with Gasteiger partial charge >= 0.3 is 18.3 Å². The molecule has 4 heterocycles. The number of methoxy groups -OCH3 is 1. The summed E-state index contributed by atoms with van der Waals surface area (Å²) in [5.74, 6) is 0.321. The number of hydrogen-bond donors (Lipinski definition) is 2. The van der Waals surface area contributed by atoms with Crippen LogP contribution in [0.15, 0.2) is 43.1 Å². The van der Waals surface area contributed by atoms with Crippen molar-refractivity contribution >= 4 is 29.5 Å². The second-order valence-electron chi connectivity index (χ2n) is 9.49. The van der Waals surface area contributed by atoms with E-state index in [-0.39, 0.29) is 34.8 Å². The highest BCUT2D eigenvalue weighted by Gasteiger charge is 2.37. The van der Waals surface area contributed by atoms with Crippen LogP contribution in [0, 0.1) is 0 Å². The summed E-state index contributed by atoms with van der Waals surface area (Å²) in [7, 11) is 3.03. The molecular weight excluding hydrogens is 579 g/mol. The van der Waals surface area contributed by atoms with Crippen molar-refractivity contribution in [2.24, 2.45) is 7.05 Å². The van der Waals surface area contributed by atoms with Crippen molar-refractivity contribution in [2.75, 3.05) is 17.7 Å². The van der Waals surface area contributed by atoms with Gasteiger partial charge in [-0.05, 0) is 43.4 Å². The molecule has 1 amide bonds. The zero-order valence-electron chi connectivity index (χ0n) is 22.4. The SMILES string of the molecule is COc1ncc(-c2ccnc(NC(=O)O[C@H]3CC[C@H](Nc4ncc(C(F)(F)F)c(-c5nn(C)cc5Cl)n4)CC3)c2)cn1. The molecule has 220 valence electrons. The van der Waals surface area contributed by atoms with Crippen LogP contribution in [0.25, 0.3) is 22.5 Å². The fourth-order valence-corrected chi connectivity index (χ4v) is 4.77. The quantitative estimate of drug-likeness (QED) is 0.283. The number of hydrogen-bond acceptors (Lipinski definition) is 10. The summed E-state index contributed by atoms with van der Waals surface area (Å²) < 4.78 is 52.8. The van der Waals surface area contributed by atoms with Crippen molar-refractivity contribution < 1.29 is 27.4 Å². The Bertz CT molecular complexity index is 1560. The third-order valence-corrected chi connectivity index (χ3v) is 6.79. The fraction of sp³-hybridized carbons (Fsp3) is 0.346. The van der Waals surface area contributed by atoms with Gasteiger partial charge in [-0.15, -0.1) is 0 Å². The number of ether oxygens (including phenoxy) is 2. The molecule has 1 aliphatic carbocycles. The Morgan fingerprint density at radius 2 is 1.79 bits per heavy atom. The second kappa shape index (κ2) is 12.1. The van der Waals surface area contributed by atoms with Crippen LogP contribution in [0.3, 0.4) is 0 Å². The van der Waals surface area contributed by atoms with Crippen molar-refractivity contribution in [1.29, 1.82) is 0 Å². The lowest BCUT2D eigenvalue weighted by atomic mass is 9.93. The minimum Gasteiger partial charge on any atom is -0.467 e. The molecule has 0 saturated heterocycles. The third kappa shape index (κ3) is 6.84. The number of carbonyl (C=O) groups excluding carboxylic acids is 1. The van der Waals surface area contributed by atoms with Gasteiger partial charge in [0, 0.05) is 49.6 Å². The summed E-state index contributed by atoms with van der Waals surface area (Å²) in [5.41, 5.74) is -0.0655. The Labute approximate surface area is 242 Å². The first-order valence-corrected chi connectivity index (χ1v) is 13.2. The van der Waals surface area contributed by atoms with Crippen molar-refractivity contribution in [3.8, 4) is 28.5 Å². The van der Waals surface area contributed by atoms with Crippen molar-refractivity contribution in [1.82, 2.24) is 34.7 Å². The first kappa shape index (κ1) is 29.0. The van der Waals surface area contributed by atoms with Crippen LogP contribution in [-0.2, 0) is 18.0 Å². The highest BCUT2D eigenvalue weighted by Crippen LogP contribution is 2.38. The van der Waals surface area contributed by atoms with E-state index in [1.165, 1.54) is 18.0 Å². The fourth-order valence-electron chi connectivity index (χ4n) is 4.50. The molecule has 0 radical (unpaired) electrons. The summed E-state index contributed by atoms with van der Waals surface area (Å²) >= 11 is 6.11. The van der Waals surface area contributed by atoms with Gasteiger partial charge in [0.25, 0.3) is 0 Å². The predicted molar refractivity (Wildman–Crippen MR) is 146 cm³/mol. The molecule has 5 rings (SSSR count). The molecule has 12 nitrogen and oxygen atoms in total. The zero-order valence-corrected chi connectivity index (χ0v) is 23.1. The number of alkyl halides is 3. The molecule has 0 unspecified atom stereocenters. The third-order valence-electron chi connectivity index (χ3n) is 6.52. The monoisotopic (exact) mass is 603 g/mol. The standard InChI is InChI=1S/C26H25ClF3N9O3/c1-39-13-19(27)22(38-39)21-18(26(28,29)30)12-32-23(37-21)35-16-3-5-17(6-4-16)42-25(40)36-20-9-14(7-8-31-20)15-10-33-24(41-2)34-11-15/h7-13,16-17H,3-6H2,1-2H3,(H,31,36,40)(H,32,35,37)/t16-,17-. The van der Waals surface area contributed by atoms with Crippen molar-refractivity contribution in [2.45, 2.75) is 44.0 Å². The Balaban J connectivity index is 1.17. The van der Waals surface area contributed by atoms with E-state index < -0.39 is 23.5 Å². The van der Waals surface area contributed by atoms with Crippen molar-refractivity contribution in [3.63, 3.8) is 0 Å². The molecule has 4 aromatic heterocycles. The largest absolute Gasteiger partial charge is 0.467 e. The Morgan fingerprint density at radius 1 is 1.05 bits per heavy atom. The number of pyridine rings is 1. The number of nitrogens with zero attached hydrogens (tertiary/aromatic N) is 7. The van der Waals surface area contributed by atoms with Gasteiger partial charge in [0.05, 0.1) is 12.1 Å². The number of anilines is 2. The number of carbonyl (C=O) groups is 1. The predicted octanol–water partition coefficient (Wildman–Crippen LogP) is 5.38. The van der Waals surface area contributed by atoms with E-state index in [0.717, 1.165) is 11.8 Å². The first-order chi connectivity index (χ1) is 20.1. The molecule has 1 fully saturated rings. The molecular formula is C26H25ClF3N9O3. The van der Waals surface area contributed by atoms with Gasteiger partial charge in [0.2, 0.25) is 5.95 Å². The molecule has 0 atom stereocenters. The van der Waals surface area contributed by atoms with Crippen LogP contribution in [0.1, 0.15) is 31.2 Å². The van der Waals surface area contributed by atoms with E-state index in [0.29, 0.717) is 37.1 Å². The van der Waals surface area contributed by atoms with E-state index in [2.05, 4.69) is 40.7 Å². The molecule has 0 aromatic carbocycles. The van der Waals surface area contributed by atoms with E-state index in [1.54, 1.807) is 37.8 Å². The lowest BCUT2D eigenvalue weighted by molar-refractivity contribution is -0.137. The number of aryl methyl sites for hydroxylation is 1. The molecule has 0 spiro atoms. The molecule has 0 bridgehead atoms. The molecule has 42 heavy (non-hydrogen) atoms.